The van der Waals surface area contributed by atoms with Gasteiger partial charge in [-0.3, -0.25) is 4.90 Å². The summed E-state index contributed by atoms with van der Waals surface area (Å²) in [7, 11) is 1.82. The van der Waals surface area contributed by atoms with Crippen molar-refractivity contribution in [2.24, 2.45) is 5.92 Å². The molecule has 0 saturated carbocycles. The van der Waals surface area contributed by atoms with Crippen LogP contribution in [-0.4, -0.2) is 50.3 Å². The maximum atomic E-state index is 5.37. The fourth-order valence-corrected chi connectivity index (χ4v) is 2.06. The maximum Gasteiger partial charge on any atom is 0.0710 e. The van der Waals surface area contributed by atoms with Crippen molar-refractivity contribution in [2.45, 2.75) is 39.3 Å². The monoisotopic (exact) mass is 214 g/mol. The van der Waals surface area contributed by atoms with E-state index < -0.39 is 0 Å². The Morgan fingerprint density at radius 1 is 1.33 bits per heavy atom. The second-order valence-corrected chi connectivity index (χ2v) is 5.04. The van der Waals surface area contributed by atoms with Gasteiger partial charge in [-0.2, -0.15) is 0 Å². The lowest BCUT2D eigenvalue weighted by atomic mass is 10.2. The van der Waals surface area contributed by atoms with Gasteiger partial charge in [0.1, 0.15) is 0 Å². The van der Waals surface area contributed by atoms with Crippen LogP contribution in [0.5, 0.6) is 0 Å². The standard InChI is InChI=1S/C12H26N2O/c1-10(2)7-13-8-11(3)14-6-5-12(9-14)15-4/h10-13H,5-9H2,1-4H3. The maximum absolute atomic E-state index is 5.37. The molecule has 2 atom stereocenters. The SMILES string of the molecule is COC1CCN(C(C)CNCC(C)C)C1. The van der Waals surface area contributed by atoms with E-state index in [1.807, 2.05) is 7.11 Å². The number of nitrogens with one attached hydrogen (secondary N) is 1. The molecule has 2 unspecified atom stereocenters. The van der Waals surface area contributed by atoms with E-state index in [9.17, 15) is 0 Å². The van der Waals surface area contributed by atoms with Crippen LogP contribution in [-0.2, 0) is 4.74 Å². The Kier molecular flexibility index (Phi) is 5.58. The third kappa shape index (κ3) is 4.49. The van der Waals surface area contributed by atoms with Crippen molar-refractivity contribution in [3.63, 3.8) is 0 Å². The first-order valence-electron chi connectivity index (χ1n) is 6.11. The molecule has 0 amide bonds. The van der Waals surface area contributed by atoms with Crippen molar-refractivity contribution < 1.29 is 4.74 Å². The number of methoxy groups -OCH3 is 1. The molecule has 1 heterocycles. The van der Waals surface area contributed by atoms with Gasteiger partial charge in [0, 0.05) is 32.8 Å². The normalized spacial score (nSPS) is 25.0. The Labute approximate surface area is 94.2 Å². The topological polar surface area (TPSA) is 24.5 Å². The van der Waals surface area contributed by atoms with Crippen LogP contribution in [0.4, 0.5) is 0 Å². The van der Waals surface area contributed by atoms with E-state index >= 15 is 0 Å². The van der Waals surface area contributed by atoms with Crippen molar-refractivity contribution in [1.29, 1.82) is 0 Å². The highest BCUT2D eigenvalue weighted by molar-refractivity contribution is 4.80. The van der Waals surface area contributed by atoms with Gasteiger partial charge in [0.15, 0.2) is 0 Å². The second-order valence-electron chi connectivity index (χ2n) is 5.04. The smallest absolute Gasteiger partial charge is 0.0710 e. The van der Waals surface area contributed by atoms with Gasteiger partial charge in [-0.1, -0.05) is 13.8 Å². The molecule has 0 bridgehead atoms. The zero-order valence-electron chi connectivity index (χ0n) is 10.6. The van der Waals surface area contributed by atoms with Crippen LogP contribution in [0, 0.1) is 5.92 Å². The molecule has 1 fully saturated rings. The van der Waals surface area contributed by atoms with Gasteiger partial charge in [-0.25, -0.2) is 0 Å². The summed E-state index contributed by atoms with van der Waals surface area (Å²) in [6.45, 7) is 11.3. The van der Waals surface area contributed by atoms with Crippen LogP contribution in [0.2, 0.25) is 0 Å². The average Bonchev–Trinajstić information content (AvgIpc) is 2.65. The van der Waals surface area contributed by atoms with Gasteiger partial charge in [-0.05, 0) is 25.8 Å². The molecular formula is C12H26N2O. The molecule has 0 radical (unpaired) electrons. The van der Waals surface area contributed by atoms with Gasteiger partial charge in [0.2, 0.25) is 0 Å². The van der Waals surface area contributed by atoms with Crippen molar-refractivity contribution >= 4 is 0 Å². The van der Waals surface area contributed by atoms with Crippen molar-refractivity contribution in [1.82, 2.24) is 10.2 Å². The Hall–Kier alpha value is -0.120. The summed E-state index contributed by atoms with van der Waals surface area (Å²) < 4.78 is 5.37. The van der Waals surface area contributed by atoms with Gasteiger partial charge >= 0.3 is 0 Å². The van der Waals surface area contributed by atoms with Crippen molar-refractivity contribution in [3.05, 3.63) is 0 Å². The molecule has 3 nitrogen and oxygen atoms in total. The first kappa shape index (κ1) is 12.9. The highest BCUT2D eigenvalue weighted by Crippen LogP contribution is 2.14. The highest BCUT2D eigenvalue weighted by Gasteiger charge is 2.25. The summed E-state index contributed by atoms with van der Waals surface area (Å²) >= 11 is 0. The summed E-state index contributed by atoms with van der Waals surface area (Å²) in [5.41, 5.74) is 0. The number of nitrogens with zero attached hydrogens (tertiary/aromatic N) is 1. The van der Waals surface area contributed by atoms with Crippen LogP contribution in [0.3, 0.4) is 0 Å². The molecule has 1 rings (SSSR count). The Morgan fingerprint density at radius 3 is 2.60 bits per heavy atom. The van der Waals surface area contributed by atoms with E-state index in [4.69, 9.17) is 4.74 Å². The van der Waals surface area contributed by atoms with Gasteiger partial charge < -0.3 is 10.1 Å². The van der Waals surface area contributed by atoms with Crippen LogP contribution in [0.25, 0.3) is 0 Å². The van der Waals surface area contributed by atoms with E-state index in [-0.39, 0.29) is 0 Å². The van der Waals surface area contributed by atoms with Crippen LogP contribution in [0.15, 0.2) is 0 Å². The molecule has 3 heteroatoms. The molecule has 0 aromatic heterocycles. The fourth-order valence-electron chi connectivity index (χ4n) is 2.06. The molecule has 90 valence electrons. The zero-order chi connectivity index (χ0) is 11.3. The first-order chi connectivity index (χ1) is 7.13. The van der Waals surface area contributed by atoms with Gasteiger partial charge in [-0.15, -0.1) is 0 Å². The average molecular weight is 214 g/mol. The van der Waals surface area contributed by atoms with Crippen LogP contribution < -0.4 is 5.32 Å². The lowest BCUT2D eigenvalue weighted by Crippen LogP contribution is -2.40. The summed E-state index contributed by atoms with van der Waals surface area (Å²) in [5.74, 6) is 0.738. The molecule has 1 N–H and O–H groups in total. The molecule has 0 aliphatic carbocycles. The summed E-state index contributed by atoms with van der Waals surface area (Å²) in [6, 6.07) is 0.629. The minimum absolute atomic E-state index is 0.456. The zero-order valence-corrected chi connectivity index (χ0v) is 10.6. The van der Waals surface area contributed by atoms with E-state index in [2.05, 4.69) is 31.0 Å². The van der Waals surface area contributed by atoms with E-state index in [1.165, 1.54) is 13.0 Å². The highest BCUT2D eigenvalue weighted by atomic mass is 16.5. The number of likely N-dealkylation sites (tertiary alicyclic amines) is 1. The Balaban J connectivity index is 2.14. The van der Waals surface area contributed by atoms with Crippen molar-refractivity contribution in [2.75, 3.05) is 33.3 Å². The van der Waals surface area contributed by atoms with Gasteiger partial charge in [0.25, 0.3) is 0 Å². The fraction of sp³-hybridized carbons (Fsp3) is 1.00. The van der Waals surface area contributed by atoms with Crippen LogP contribution in [0.1, 0.15) is 27.2 Å². The third-order valence-electron chi connectivity index (χ3n) is 3.13. The minimum Gasteiger partial charge on any atom is -0.380 e. The largest absolute Gasteiger partial charge is 0.380 e. The molecule has 0 spiro atoms. The summed E-state index contributed by atoms with van der Waals surface area (Å²) in [5, 5.41) is 3.51. The predicted octanol–water partition coefficient (Wildman–Crippen LogP) is 1.34. The van der Waals surface area contributed by atoms with Crippen LogP contribution >= 0.6 is 0 Å². The van der Waals surface area contributed by atoms with E-state index in [0.29, 0.717) is 12.1 Å². The predicted molar refractivity (Wildman–Crippen MR) is 64.2 cm³/mol. The van der Waals surface area contributed by atoms with E-state index in [0.717, 1.165) is 25.6 Å². The van der Waals surface area contributed by atoms with E-state index in [1.54, 1.807) is 0 Å². The molecular weight excluding hydrogens is 188 g/mol. The first-order valence-corrected chi connectivity index (χ1v) is 6.11. The quantitative estimate of drug-likeness (QED) is 0.722. The minimum atomic E-state index is 0.456. The lowest BCUT2D eigenvalue weighted by molar-refractivity contribution is 0.102. The number of hydrogen-bond donors (Lipinski definition) is 1. The summed E-state index contributed by atoms with van der Waals surface area (Å²) in [4.78, 5) is 2.52. The third-order valence-corrected chi connectivity index (χ3v) is 3.13. The Bertz CT molecular complexity index is 173. The molecule has 15 heavy (non-hydrogen) atoms. The second kappa shape index (κ2) is 6.46. The Morgan fingerprint density at radius 2 is 2.07 bits per heavy atom. The number of rotatable bonds is 6. The molecule has 1 aliphatic heterocycles. The molecule has 0 aromatic carbocycles. The molecule has 0 aromatic rings. The number of hydrogen-bond acceptors (Lipinski definition) is 3. The molecule has 1 aliphatic rings. The number of ether oxygens (including phenoxy) is 1. The van der Waals surface area contributed by atoms with Gasteiger partial charge in [0.05, 0.1) is 6.10 Å². The molecule has 1 saturated heterocycles. The lowest BCUT2D eigenvalue weighted by Gasteiger charge is -2.24. The van der Waals surface area contributed by atoms with Crippen molar-refractivity contribution in [3.8, 4) is 0 Å². The summed E-state index contributed by atoms with van der Waals surface area (Å²) in [6.07, 6.45) is 1.64.